The van der Waals surface area contributed by atoms with Crippen LogP contribution in [0.4, 0.5) is 5.95 Å². The second kappa shape index (κ2) is 3.13. The largest absolute Gasteiger partial charge is 0.366 e. The number of aromatic nitrogens is 3. The van der Waals surface area contributed by atoms with E-state index in [1.165, 1.54) is 17.5 Å². The summed E-state index contributed by atoms with van der Waals surface area (Å²) in [6.07, 6.45) is 4.39. The third kappa shape index (κ3) is 1.14. The Bertz CT molecular complexity index is 325. The Labute approximate surface area is 82.4 Å². The van der Waals surface area contributed by atoms with Crippen LogP contribution in [-0.2, 0) is 5.41 Å². The summed E-state index contributed by atoms with van der Waals surface area (Å²) in [7, 11) is 0. The summed E-state index contributed by atoms with van der Waals surface area (Å²) < 4.78 is 1.36. The number of hydrogen-bond donors (Lipinski definition) is 3. The summed E-state index contributed by atoms with van der Waals surface area (Å²) in [4.78, 5) is 0. The summed E-state index contributed by atoms with van der Waals surface area (Å²) in [6.45, 7) is 0.558. The summed E-state index contributed by atoms with van der Waals surface area (Å²) in [6, 6.07) is 0. The predicted octanol–water partition coefficient (Wildman–Crippen LogP) is -0.655. The van der Waals surface area contributed by atoms with Gasteiger partial charge in [0.05, 0.1) is 0 Å². The molecule has 0 bridgehead atoms. The first kappa shape index (κ1) is 9.26. The standard InChI is InChI=1S/C8H16N6/c9-5-8(3-1-2-4-8)6-12-13-7(10)14(6)11/h1-5,9,11H2,(H2,10,13). The van der Waals surface area contributed by atoms with Crippen LogP contribution < -0.4 is 17.3 Å². The molecule has 2 rings (SSSR count). The van der Waals surface area contributed by atoms with E-state index >= 15 is 0 Å². The van der Waals surface area contributed by atoms with Crippen LogP contribution in [0, 0.1) is 0 Å². The lowest BCUT2D eigenvalue weighted by Gasteiger charge is -2.25. The molecule has 78 valence electrons. The maximum atomic E-state index is 5.80. The van der Waals surface area contributed by atoms with E-state index in [-0.39, 0.29) is 11.4 Å². The smallest absolute Gasteiger partial charge is 0.240 e. The zero-order chi connectivity index (χ0) is 10.2. The van der Waals surface area contributed by atoms with Gasteiger partial charge in [0.25, 0.3) is 0 Å². The molecule has 1 aromatic heterocycles. The molecule has 0 spiro atoms. The van der Waals surface area contributed by atoms with E-state index in [9.17, 15) is 0 Å². The zero-order valence-corrected chi connectivity index (χ0v) is 8.11. The topological polar surface area (TPSA) is 109 Å². The van der Waals surface area contributed by atoms with E-state index in [0.717, 1.165) is 18.7 Å². The van der Waals surface area contributed by atoms with Crippen molar-refractivity contribution in [3.63, 3.8) is 0 Å². The van der Waals surface area contributed by atoms with Gasteiger partial charge >= 0.3 is 0 Å². The van der Waals surface area contributed by atoms with Crippen molar-refractivity contribution in [2.24, 2.45) is 5.73 Å². The molecule has 1 fully saturated rings. The first-order valence-electron chi connectivity index (χ1n) is 4.86. The molecule has 0 amide bonds. The van der Waals surface area contributed by atoms with E-state index in [1.807, 2.05) is 0 Å². The van der Waals surface area contributed by atoms with Gasteiger partial charge in [-0.3, -0.25) is 0 Å². The van der Waals surface area contributed by atoms with Gasteiger partial charge in [0.2, 0.25) is 5.95 Å². The van der Waals surface area contributed by atoms with Crippen molar-refractivity contribution in [2.45, 2.75) is 31.1 Å². The maximum Gasteiger partial charge on any atom is 0.240 e. The van der Waals surface area contributed by atoms with Gasteiger partial charge in [-0.1, -0.05) is 12.8 Å². The molecule has 1 aromatic rings. The number of nitrogen functional groups attached to an aromatic ring is 2. The quantitative estimate of drug-likeness (QED) is 0.544. The third-order valence-electron chi connectivity index (χ3n) is 3.15. The van der Waals surface area contributed by atoms with E-state index in [0.29, 0.717) is 6.54 Å². The highest BCUT2D eigenvalue weighted by Gasteiger charge is 2.39. The van der Waals surface area contributed by atoms with Gasteiger partial charge in [0.1, 0.15) is 0 Å². The van der Waals surface area contributed by atoms with Gasteiger partial charge in [0, 0.05) is 12.0 Å². The van der Waals surface area contributed by atoms with Gasteiger partial charge in [0.15, 0.2) is 5.82 Å². The predicted molar refractivity (Wildman–Crippen MR) is 53.8 cm³/mol. The molecule has 0 atom stereocenters. The zero-order valence-electron chi connectivity index (χ0n) is 8.11. The van der Waals surface area contributed by atoms with E-state index in [4.69, 9.17) is 17.3 Å². The van der Waals surface area contributed by atoms with Crippen LogP contribution in [0.2, 0.25) is 0 Å². The Hall–Kier alpha value is -1.30. The lowest BCUT2D eigenvalue weighted by atomic mass is 9.85. The molecule has 0 saturated heterocycles. The van der Waals surface area contributed by atoms with Crippen molar-refractivity contribution in [1.29, 1.82) is 0 Å². The first-order valence-corrected chi connectivity index (χ1v) is 4.86. The molecule has 0 aromatic carbocycles. The minimum Gasteiger partial charge on any atom is -0.366 e. The molecule has 1 heterocycles. The molecular weight excluding hydrogens is 180 g/mol. The van der Waals surface area contributed by atoms with Gasteiger partial charge < -0.3 is 17.3 Å². The average Bonchev–Trinajstić information content (AvgIpc) is 2.77. The summed E-state index contributed by atoms with van der Waals surface area (Å²) in [5, 5.41) is 7.79. The van der Waals surface area contributed by atoms with Crippen LogP contribution in [0.3, 0.4) is 0 Å². The van der Waals surface area contributed by atoms with Crippen molar-refractivity contribution in [1.82, 2.24) is 14.9 Å². The minimum atomic E-state index is -0.0978. The van der Waals surface area contributed by atoms with Gasteiger partial charge in [-0.25, -0.2) is 4.68 Å². The van der Waals surface area contributed by atoms with E-state index in [2.05, 4.69) is 10.2 Å². The fraction of sp³-hybridized carbons (Fsp3) is 0.750. The Balaban J connectivity index is 2.40. The fourth-order valence-electron chi connectivity index (χ4n) is 2.24. The summed E-state index contributed by atoms with van der Waals surface area (Å²) in [5.41, 5.74) is 11.2. The Morgan fingerprint density at radius 2 is 1.93 bits per heavy atom. The lowest BCUT2D eigenvalue weighted by Crippen LogP contribution is -2.37. The second-order valence-corrected chi connectivity index (χ2v) is 3.94. The van der Waals surface area contributed by atoms with Crippen molar-refractivity contribution in [3.05, 3.63) is 5.82 Å². The second-order valence-electron chi connectivity index (χ2n) is 3.94. The highest BCUT2D eigenvalue weighted by atomic mass is 15.4. The Morgan fingerprint density at radius 1 is 1.29 bits per heavy atom. The summed E-state index contributed by atoms with van der Waals surface area (Å²) in [5.74, 6) is 6.74. The minimum absolute atomic E-state index is 0.0978. The Kier molecular flexibility index (Phi) is 2.07. The lowest BCUT2D eigenvalue weighted by molar-refractivity contribution is 0.415. The van der Waals surface area contributed by atoms with Crippen LogP contribution in [0.1, 0.15) is 31.5 Å². The first-order chi connectivity index (χ1) is 6.69. The number of anilines is 1. The van der Waals surface area contributed by atoms with Gasteiger partial charge in [-0.05, 0) is 12.8 Å². The molecule has 6 N–H and O–H groups in total. The fourth-order valence-corrected chi connectivity index (χ4v) is 2.24. The van der Waals surface area contributed by atoms with Crippen molar-refractivity contribution in [2.75, 3.05) is 18.1 Å². The van der Waals surface area contributed by atoms with Gasteiger partial charge in [-0.2, -0.15) is 0 Å². The van der Waals surface area contributed by atoms with Crippen LogP contribution in [0.5, 0.6) is 0 Å². The normalized spacial score (nSPS) is 20.1. The van der Waals surface area contributed by atoms with Crippen molar-refractivity contribution >= 4 is 5.95 Å². The van der Waals surface area contributed by atoms with Crippen molar-refractivity contribution < 1.29 is 0 Å². The van der Waals surface area contributed by atoms with Crippen LogP contribution >= 0.6 is 0 Å². The molecule has 1 aliphatic rings. The van der Waals surface area contributed by atoms with Crippen LogP contribution in [0.25, 0.3) is 0 Å². The van der Waals surface area contributed by atoms with Crippen LogP contribution in [0.15, 0.2) is 0 Å². The molecule has 1 saturated carbocycles. The molecular formula is C8H16N6. The molecule has 0 aliphatic heterocycles. The van der Waals surface area contributed by atoms with E-state index < -0.39 is 0 Å². The molecule has 14 heavy (non-hydrogen) atoms. The number of rotatable bonds is 2. The maximum absolute atomic E-state index is 5.80. The molecule has 6 heteroatoms. The molecule has 0 unspecified atom stereocenters. The SMILES string of the molecule is NCC1(c2nnc(N)n2N)CCCC1. The average molecular weight is 196 g/mol. The Morgan fingerprint density at radius 3 is 2.36 bits per heavy atom. The van der Waals surface area contributed by atoms with Gasteiger partial charge in [-0.15, -0.1) is 10.2 Å². The summed E-state index contributed by atoms with van der Waals surface area (Å²) >= 11 is 0. The monoisotopic (exact) mass is 196 g/mol. The highest BCUT2D eigenvalue weighted by Crippen LogP contribution is 2.39. The number of hydrogen-bond acceptors (Lipinski definition) is 5. The van der Waals surface area contributed by atoms with Crippen LogP contribution in [-0.4, -0.2) is 21.4 Å². The molecule has 0 radical (unpaired) electrons. The number of nitrogens with two attached hydrogens (primary N) is 3. The van der Waals surface area contributed by atoms with Crippen molar-refractivity contribution in [3.8, 4) is 0 Å². The van der Waals surface area contributed by atoms with E-state index in [1.54, 1.807) is 0 Å². The number of nitrogens with zero attached hydrogens (tertiary/aromatic N) is 3. The molecule has 1 aliphatic carbocycles. The highest BCUT2D eigenvalue weighted by molar-refractivity contribution is 5.23. The third-order valence-corrected chi connectivity index (χ3v) is 3.15. The molecule has 6 nitrogen and oxygen atoms in total.